The largest absolute Gasteiger partial charge is 0.316 e. The van der Waals surface area contributed by atoms with Crippen LogP contribution < -0.4 is 5.32 Å². The van der Waals surface area contributed by atoms with Gasteiger partial charge >= 0.3 is 0 Å². The lowest BCUT2D eigenvalue weighted by molar-refractivity contribution is 0.461. The van der Waals surface area contributed by atoms with Crippen LogP contribution in [0.1, 0.15) is 29.9 Å². The van der Waals surface area contributed by atoms with Crippen molar-refractivity contribution in [1.29, 1.82) is 0 Å². The Morgan fingerprint density at radius 2 is 2.33 bits per heavy atom. The van der Waals surface area contributed by atoms with Gasteiger partial charge in [-0.25, -0.2) is 4.68 Å². The number of benzene rings is 1. The summed E-state index contributed by atoms with van der Waals surface area (Å²) in [4.78, 5) is 0. The zero-order valence-corrected chi connectivity index (χ0v) is 10.8. The predicted octanol–water partition coefficient (Wildman–Crippen LogP) is 2.65. The molecule has 94 valence electrons. The van der Waals surface area contributed by atoms with Crippen LogP contribution in [0.2, 0.25) is 0 Å². The van der Waals surface area contributed by atoms with Crippen molar-refractivity contribution in [3.8, 4) is 5.69 Å². The van der Waals surface area contributed by atoms with E-state index in [1.54, 1.807) is 0 Å². The number of nitrogens with one attached hydrogen (secondary N) is 1. The molecule has 0 amide bonds. The van der Waals surface area contributed by atoms with Gasteiger partial charge in [0.1, 0.15) is 0 Å². The first-order valence-electron chi connectivity index (χ1n) is 6.65. The fourth-order valence-corrected chi connectivity index (χ4v) is 2.60. The molecular formula is C15H19N3. The summed E-state index contributed by atoms with van der Waals surface area (Å²) in [7, 11) is 0. The second-order valence-corrected chi connectivity index (χ2v) is 5.10. The summed E-state index contributed by atoms with van der Waals surface area (Å²) in [5.41, 5.74) is 3.76. The summed E-state index contributed by atoms with van der Waals surface area (Å²) in [5, 5.41) is 7.95. The monoisotopic (exact) mass is 241 g/mol. The summed E-state index contributed by atoms with van der Waals surface area (Å²) in [6.45, 7) is 4.35. The lowest BCUT2D eigenvalue weighted by Crippen LogP contribution is -2.28. The van der Waals surface area contributed by atoms with E-state index in [0.29, 0.717) is 5.92 Å². The van der Waals surface area contributed by atoms with Crippen LogP contribution in [0.3, 0.4) is 0 Å². The number of piperidine rings is 1. The number of hydrogen-bond donors (Lipinski definition) is 1. The molecule has 3 heteroatoms. The molecule has 3 nitrogen and oxygen atoms in total. The van der Waals surface area contributed by atoms with Crippen LogP contribution in [-0.4, -0.2) is 22.9 Å². The van der Waals surface area contributed by atoms with Gasteiger partial charge in [0.05, 0.1) is 11.9 Å². The Labute approximate surface area is 108 Å². The summed E-state index contributed by atoms with van der Waals surface area (Å²) >= 11 is 0. The predicted molar refractivity (Wildman–Crippen MR) is 73.1 cm³/mol. The lowest BCUT2D eigenvalue weighted by Gasteiger charge is -2.21. The van der Waals surface area contributed by atoms with Gasteiger partial charge in [0.25, 0.3) is 0 Å². The highest BCUT2D eigenvalue weighted by atomic mass is 15.3. The van der Waals surface area contributed by atoms with Gasteiger partial charge < -0.3 is 5.32 Å². The average Bonchev–Trinajstić information content (AvgIpc) is 2.89. The van der Waals surface area contributed by atoms with Crippen LogP contribution in [0.4, 0.5) is 0 Å². The molecular weight excluding hydrogens is 222 g/mol. The first kappa shape index (κ1) is 11.5. The molecule has 0 saturated carbocycles. The molecule has 0 aliphatic carbocycles. The lowest BCUT2D eigenvalue weighted by atomic mass is 9.94. The second-order valence-electron chi connectivity index (χ2n) is 5.10. The van der Waals surface area contributed by atoms with Gasteiger partial charge in [0.15, 0.2) is 0 Å². The number of aromatic nitrogens is 2. The van der Waals surface area contributed by atoms with E-state index >= 15 is 0 Å². The van der Waals surface area contributed by atoms with Crippen LogP contribution in [0.25, 0.3) is 5.69 Å². The van der Waals surface area contributed by atoms with Crippen LogP contribution in [0, 0.1) is 6.92 Å². The standard InChI is InChI=1S/C15H19N3/c1-12-4-2-6-15(8-12)18-11-14(10-17-18)13-5-3-7-16-9-13/h2,4,6,8,10-11,13,16H,3,5,7,9H2,1H3. The molecule has 1 aliphatic heterocycles. The molecule has 1 aromatic carbocycles. The number of aryl methyl sites for hydroxylation is 1. The van der Waals surface area contributed by atoms with Crippen molar-refractivity contribution in [2.24, 2.45) is 0 Å². The Balaban J connectivity index is 1.84. The van der Waals surface area contributed by atoms with Crippen LogP contribution in [-0.2, 0) is 0 Å². The molecule has 1 aromatic heterocycles. The molecule has 18 heavy (non-hydrogen) atoms. The maximum atomic E-state index is 4.49. The maximum Gasteiger partial charge on any atom is 0.0648 e. The maximum absolute atomic E-state index is 4.49. The van der Waals surface area contributed by atoms with E-state index in [1.807, 2.05) is 10.9 Å². The molecule has 1 atom stereocenters. The Kier molecular flexibility index (Phi) is 3.15. The second kappa shape index (κ2) is 4.94. The molecule has 3 rings (SSSR count). The third-order valence-corrected chi connectivity index (χ3v) is 3.64. The molecule has 2 heterocycles. The fourth-order valence-electron chi connectivity index (χ4n) is 2.60. The molecule has 1 unspecified atom stereocenters. The zero-order chi connectivity index (χ0) is 12.4. The van der Waals surface area contributed by atoms with Gasteiger partial charge in [0.2, 0.25) is 0 Å². The molecule has 2 aromatic rings. The Morgan fingerprint density at radius 1 is 1.39 bits per heavy atom. The molecule has 1 saturated heterocycles. The van der Waals surface area contributed by atoms with Crippen LogP contribution in [0.5, 0.6) is 0 Å². The molecule has 1 fully saturated rings. The zero-order valence-electron chi connectivity index (χ0n) is 10.8. The van der Waals surface area contributed by atoms with Crippen molar-refractivity contribution in [1.82, 2.24) is 15.1 Å². The van der Waals surface area contributed by atoms with E-state index in [9.17, 15) is 0 Å². The quantitative estimate of drug-likeness (QED) is 0.876. The van der Waals surface area contributed by atoms with Gasteiger partial charge in [-0.05, 0) is 55.5 Å². The van der Waals surface area contributed by atoms with Crippen molar-refractivity contribution in [2.75, 3.05) is 13.1 Å². The van der Waals surface area contributed by atoms with Gasteiger partial charge in [0, 0.05) is 12.7 Å². The van der Waals surface area contributed by atoms with Crippen molar-refractivity contribution in [3.63, 3.8) is 0 Å². The normalized spacial score (nSPS) is 19.9. The molecule has 0 spiro atoms. The molecule has 1 N–H and O–H groups in total. The van der Waals surface area contributed by atoms with Crippen LogP contribution in [0.15, 0.2) is 36.7 Å². The summed E-state index contributed by atoms with van der Waals surface area (Å²) in [6, 6.07) is 8.45. The van der Waals surface area contributed by atoms with E-state index in [-0.39, 0.29) is 0 Å². The van der Waals surface area contributed by atoms with Crippen molar-refractivity contribution in [2.45, 2.75) is 25.7 Å². The van der Waals surface area contributed by atoms with Crippen molar-refractivity contribution < 1.29 is 0 Å². The molecule has 1 aliphatic rings. The Hall–Kier alpha value is -1.61. The first-order valence-corrected chi connectivity index (χ1v) is 6.65. The smallest absolute Gasteiger partial charge is 0.0648 e. The van der Waals surface area contributed by atoms with E-state index in [2.05, 4.69) is 47.8 Å². The third kappa shape index (κ3) is 2.31. The highest BCUT2D eigenvalue weighted by Crippen LogP contribution is 2.23. The molecule has 0 radical (unpaired) electrons. The highest BCUT2D eigenvalue weighted by molar-refractivity contribution is 5.35. The Morgan fingerprint density at radius 3 is 3.11 bits per heavy atom. The fraction of sp³-hybridized carbons (Fsp3) is 0.400. The number of hydrogen-bond acceptors (Lipinski definition) is 2. The van der Waals surface area contributed by atoms with E-state index in [1.165, 1.54) is 24.0 Å². The average molecular weight is 241 g/mol. The number of nitrogens with zero attached hydrogens (tertiary/aromatic N) is 2. The van der Waals surface area contributed by atoms with Gasteiger partial charge in [-0.15, -0.1) is 0 Å². The summed E-state index contributed by atoms with van der Waals surface area (Å²) in [6.07, 6.45) is 6.72. The van der Waals surface area contributed by atoms with E-state index < -0.39 is 0 Å². The Bertz CT molecular complexity index is 524. The third-order valence-electron chi connectivity index (χ3n) is 3.64. The minimum Gasteiger partial charge on any atom is -0.316 e. The summed E-state index contributed by atoms with van der Waals surface area (Å²) in [5.74, 6) is 0.623. The van der Waals surface area contributed by atoms with Gasteiger partial charge in [-0.3, -0.25) is 0 Å². The van der Waals surface area contributed by atoms with Gasteiger partial charge in [-0.2, -0.15) is 5.10 Å². The SMILES string of the molecule is Cc1cccc(-n2cc(C3CCCNC3)cn2)c1. The number of rotatable bonds is 2. The first-order chi connectivity index (χ1) is 8.83. The van der Waals surface area contributed by atoms with Crippen molar-refractivity contribution >= 4 is 0 Å². The topological polar surface area (TPSA) is 29.9 Å². The van der Waals surface area contributed by atoms with Crippen LogP contribution >= 0.6 is 0 Å². The van der Waals surface area contributed by atoms with E-state index in [4.69, 9.17) is 0 Å². The minimum absolute atomic E-state index is 0.623. The summed E-state index contributed by atoms with van der Waals surface area (Å²) < 4.78 is 1.98. The van der Waals surface area contributed by atoms with E-state index in [0.717, 1.165) is 18.8 Å². The minimum atomic E-state index is 0.623. The molecule has 0 bridgehead atoms. The highest BCUT2D eigenvalue weighted by Gasteiger charge is 2.16. The van der Waals surface area contributed by atoms with Crippen molar-refractivity contribution in [3.05, 3.63) is 47.8 Å². The van der Waals surface area contributed by atoms with Gasteiger partial charge in [-0.1, -0.05) is 12.1 Å².